The van der Waals surface area contributed by atoms with Crippen LogP contribution in [-0.2, 0) is 14.3 Å². The monoisotopic (exact) mass is 298 g/mol. The van der Waals surface area contributed by atoms with Gasteiger partial charge >= 0.3 is 0 Å². The molecule has 2 unspecified atom stereocenters. The van der Waals surface area contributed by atoms with E-state index in [9.17, 15) is 9.59 Å². The Balaban J connectivity index is 2.58. The maximum atomic E-state index is 12.6. The Labute approximate surface area is 128 Å². The number of ether oxygens (including phenoxy) is 1. The van der Waals surface area contributed by atoms with Crippen molar-refractivity contribution < 1.29 is 14.3 Å². The fourth-order valence-corrected chi connectivity index (χ4v) is 2.60. The van der Waals surface area contributed by atoms with Gasteiger partial charge in [-0.2, -0.15) is 0 Å². The SMILES string of the molecule is CCCCOCCCN1C(=O)C(C)(CC)NC(=O)C1CC. The van der Waals surface area contributed by atoms with Crippen LogP contribution in [0.3, 0.4) is 0 Å². The molecule has 122 valence electrons. The predicted molar refractivity (Wildman–Crippen MR) is 83.0 cm³/mol. The maximum Gasteiger partial charge on any atom is 0.248 e. The minimum atomic E-state index is -0.758. The average molecular weight is 298 g/mol. The summed E-state index contributed by atoms with van der Waals surface area (Å²) in [6.45, 7) is 9.81. The third-order valence-corrected chi connectivity index (χ3v) is 4.23. The van der Waals surface area contributed by atoms with Gasteiger partial charge in [-0.1, -0.05) is 27.2 Å². The van der Waals surface area contributed by atoms with Gasteiger partial charge < -0.3 is 15.0 Å². The highest BCUT2D eigenvalue weighted by molar-refractivity contribution is 5.99. The van der Waals surface area contributed by atoms with Crippen molar-refractivity contribution in [1.29, 1.82) is 0 Å². The third-order valence-electron chi connectivity index (χ3n) is 4.23. The van der Waals surface area contributed by atoms with Crippen LogP contribution >= 0.6 is 0 Å². The lowest BCUT2D eigenvalue weighted by atomic mass is 9.91. The first-order chi connectivity index (χ1) is 10.00. The van der Waals surface area contributed by atoms with Gasteiger partial charge in [-0.05, 0) is 32.6 Å². The zero-order valence-electron chi connectivity index (χ0n) is 13.9. The molecule has 2 atom stereocenters. The van der Waals surface area contributed by atoms with Crippen LogP contribution in [-0.4, -0.2) is 48.1 Å². The van der Waals surface area contributed by atoms with Gasteiger partial charge in [0.25, 0.3) is 0 Å². The van der Waals surface area contributed by atoms with E-state index in [1.807, 2.05) is 20.8 Å². The number of unbranched alkanes of at least 4 members (excludes halogenated alkanes) is 1. The Kier molecular flexibility index (Phi) is 7.15. The highest BCUT2D eigenvalue weighted by atomic mass is 16.5. The van der Waals surface area contributed by atoms with Crippen molar-refractivity contribution in [3.8, 4) is 0 Å². The quantitative estimate of drug-likeness (QED) is 0.663. The number of hydrogen-bond donors (Lipinski definition) is 1. The number of carbonyl (C=O) groups excluding carboxylic acids is 2. The van der Waals surface area contributed by atoms with Gasteiger partial charge in [-0.25, -0.2) is 0 Å². The molecule has 0 bridgehead atoms. The molecular weight excluding hydrogens is 268 g/mol. The summed E-state index contributed by atoms with van der Waals surface area (Å²) in [5.41, 5.74) is -0.758. The van der Waals surface area contributed by atoms with Crippen LogP contribution in [0.15, 0.2) is 0 Å². The predicted octanol–water partition coefficient (Wildman–Crippen LogP) is 2.10. The molecule has 0 aromatic heterocycles. The Morgan fingerprint density at radius 2 is 1.86 bits per heavy atom. The van der Waals surface area contributed by atoms with Crippen molar-refractivity contribution in [1.82, 2.24) is 10.2 Å². The first kappa shape index (κ1) is 18.0. The van der Waals surface area contributed by atoms with Gasteiger partial charge in [-0.3, -0.25) is 9.59 Å². The fourth-order valence-electron chi connectivity index (χ4n) is 2.60. The molecule has 5 heteroatoms. The number of piperazine rings is 1. The molecule has 0 aromatic carbocycles. The summed E-state index contributed by atoms with van der Waals surface area (Å²) in [5, 5.41) is 2.88. The molecule has 0 radical (unpaired) electrons. The molecular formula is C16H30N2O3. The van der Waals surface area contributed by atoms with Crippen LogP contribution in [0.4, 0.5) is 0 Å². The lowest BCUT2D eigenvalue weighted by Crippen LogP contribution is -2.69. The van der Waals surface area contributed by atoms with E-state index >= 15 is 0 Å². The number of rotatable bonds is 9. The molecule has 1 aliphatic rings. The summed E-state index contributed by atoms with van der Waals surface area (Å²) in [7, 11) is 0. The zero-order chi connectivity index (χ0) is 15.9. The first-order valence-electron chi connectivity index (χ1n) is 8.21. The molecule has 1 aliphatic heterocycles. The summed E-state index contributed by atoms with van der Waals surface area (Å²) < 4.78 is 5.54. The van der Waals surface area contributed by atoms with Gasteiger partial charge in [0.05, 0.1) is 0 Å². The maximum absolute atomic E-state index is 12.6. The van der Waals surface area contributed by atoms with Crippen LogP contribution in [0.5, 0.6) is 0 Å². The lowest BCUT2D eigenvalue weighted by molar-refractivity contribution is -0.154. The number of hydrogen-bond acceptors (Lipinski definition) is 3. The van der Waals surface area contributed by atoms with Crippen molar-refractivity contribution in [3.05, 3.63) is 0 Å². The molecule has 21 heavy (non-hydrogen) atoms. The Hall–Kier alpha value is -1.10. The Morgan fingerprint density at radius 1 is 1.19 bits per heavy atom. The molecule has 0 spiro atoms. The van der Waals surface area contributed by atoms with Crippen molar-refractivity contribution >= 4 is 11.8 Å². The van der Waals surface area contributed by atoms with E-state index in [2.05, 4.69) is 12.2 Å². The van der Waals surface area contributed by atoms with Crippen LogP contribution in [0.25, 0.3) is 0 Å². The highest BCUT2D eigenvalue weighted by Crippen LogP contribution is 2.23. The van der Waals surface area contributed by atoms with Crippen molar-refractivity contribution in [3.63, 3.8) is 0 Å². The van der Waals surface area contributed by atoms with Crippen LogP contribution < -0.4 is 5.32 Å². The normalized spacial score (nSPS) is 26.1. The fraction of sp³-hybridized carbons (Fsp3) is 0.875. The molecule has 0 saturated carbocycles. The molecule has 2 amide bonds. The van der Waals surface area contributed by atoms with Crippen molar-refractivity contribution in [2.45, 2.75) is 71.4 Å². The van der Waals surface area contributed by atoms with E-state index in [1.54, 1.807) is 4.90 Å². The van der Waals surface area contributed by atoms with Crippen LogP contribution in [0.2, 0.25) is 0 Å². The van der Waals surface area contributed by atoms with E-state index in [4.69, 9.17) is 4.74 Å². The first-order valence-corrected chi connectivity index (χ1v) is 8.21. The summed E-state index contributed by atoms with van der Waals surface area (Å²) >= 11 is 0. The zero-order valence-corrected chi connectivity index (χ0v) is 13.9. The molecule has 1 saturated heterocycles. The Morgan fingerprint density at radius 3 is 2.43 bits per heavy atom. The highest BCUT2D eigenvalue weighted by Gasteiger charge is 2.45. The van der Waals surface area contributed by atoms with Gasteiger partial charge in [0.2, 0.25) is 11.8 Å². The topological polar surface area (TPSA) is 58.6 Å². The smallest absolute Gasteiger partial charge is 0.248 e. The summed E-state index contributed by atoms with van der Waals surface area (Å²) in [4.78, 5) is 26.6. The van der Waals surface area contributed by atoms with E-state index in [0.717, 1.165) is 25.9 Å². The van der Waals surface area contributed by atoms with Crippen LogP contribution in [0, 0.1) is 0 Å². The largest absolute Gasteiger partial charge is 0.381 e. The van der Waals surface area contributed by atoms with Crippen molar-refractivity contribution in [2.75, 3.05) is 19.8 Å². The minimum absolute atomic E-state index is 0.0324. The minimum Gasteiger partial charge on any atom is -0.381 e. The summed E-state index contributed by atoms with van der Waals surface area (Å²) in [6.07, 6.45) is 4.22. The van der Waals surface area contributed by atoms with E-state index in [-0.39, 0.29) is 17.9 Å². The van der Waals surface area contributed by atoms with E-state index < -0.39 is 5.54 Å². The van der Waals surface area contributed by atoms with Gasteiger partial charge in [-0.15, -0.1) is 0 Å². The standard InChI is InChI=1S/C16H30N2O3/c1-5-8-11-21-12-9-10-18-13(6-2)14(19)17-16(4,7-3)15(18)20/h13H,5-12H2,1-4H3,(H,17,19). The van der Waals surface area contributed by atoms with Gasteiger partial charge in [0, 0.05) is 19.8 Å². The Bertz CT molecular complexity index is 359. The second-order valence-corrected chi connectivity index (χ2v) is 5.92. The third kappa shape index (κ3) is 4.43. The molecule has 5 nitrogen and oxygen atoms in total. The number of nitrogens with one attached hydrogen (secondary N) is 1. The van der Waals surface area contributed by atoms with Crippen LogP contribution in [0.1, 0.15) is 59.8 Å². The number of carbonyl (C=O) groups is 2. The molecule has 0 aliphatic carbocycles. The van der Waals surface area contributed by atoms with Gasteiger partial charge in [0.1, 0.15) is 11.6 Å². The van der Waals surface area contributed by atoms with Gasteiger partial charge in [0.15, 0.2) is 0 Å². The molecule has 1 rings (SSSR count). The summed E-state index contributed by atoms with van der Waals surface area (Å²) in [5.74, 6) is -0.00152. The molecule has 0 aromatic rings. The molecule has 1 heterocycles. The lowest BCUT2D eigenvalue weighted by Gasteiger charge is -2.44. The van der Waals surface area contributed by atoms with Crippen molar-refractivity contribution in [2.24, 2.45) is 0 Å². The summed E-state index contributed by atoms with van der Waals surface area (Å²) in [6, 6.07) is -0.340. The van der Waals surface area contributed by atoms with E-state index in [0.29, 0.717) is 26.0 Å². The molecule has 1 fully saturated rings. The second-order valence-electron chi connectivity index (χ2n) is 5.92. The molecule has 1 N–H and O–H groups in total. The number of amides is 2. The number of nitrogens with zero attached hydrogens (tertiary/aromatic N) is 1. The van der Waals surface area contributed by atoms with E-state index in [1.165, 1.54) is 0 Å². The second kappa shape index (κ2) is 8.37. The average Bonchev–Trinajstić information content (AvgIpc) is 2.47.